The summed E-state index contributed by atoms with van der Waals surface area (Å²) in [5.41, 5.74) is 1.26. The van der Waals surface area contributed by atoms with Gasteiger partial charge in [0.25, 0.3) is 5.91 Å². The van der Waals surface area contributed by atoms with E-state index in [2.05, 4.69) is 0 Å². The first-order valence-corrected chi connectivity index (χ1v) is 6.62. The molecule has 1 heterocycles. The lowest BCUT2D eigenvalue weighted by Gasteiger charge is -2.34. The molecule has 0 aromatic heterocycles. The van der Waals surface area contributed by atoms with Gasteiger partial charge in [0.05, 0.1) is 0 Å². The molecular formula is C14H17ClFNO. The number of benzene rings is 1. The predicted octanol–water partition coefficient (Wildman–Crippen LogP) is 3.22. The highest BCUT2D eigenvalue weighted by Gasteiger charge is 2.28. The third-order valence-electron chi connectivity index (χ3n) is 3.52. The van der Waals surface area contributed by atoms with E-state index in [4.69, 9.17) is 11.6 Å². The highest BCUT2D eigenvalue weighted by atomic mass is 35.5. The Bertz CT molecular complexity index is 463. The van der Waals surface area contributed by atoms with Crippen LogP contribution < -0.4 is 0 Å². The largest absolute Gasteiger partial charge is 0.338 e. The summed E-state index contributed by atoms with van der Waals surface area (Å²) in [6.07, 6.45) is 0.794. The number of hydrogen-bond donors (Lipinski definition) is 0. The molecule has 0 saturated carbocycles. The lowest BCUT2D eigenvalue weighted by atomic mass is 9.98. The molecule has 2 nitrogen and oxygen atoms in total. The Hall–Kier alpha value is -1.09. The third kappa shape index (κ3) is 2.66. The normalized spacial score (nSPS) is 24.1. The fourth-order valence-corrected chi connectivity index (χ4v) is 2.47. The number of carbonyl (C=O) groups is 1. The maximum atomic E-state index is 13.2. The summed E-state index contributed by atoms with van der Waals surface area (Å²) >= 11 is 6.14. The van der Waals surface area contributed by atoms with Gasteiger partial charge in [-0.15, -0.1) is 11.6 Å². The van der Waals surface area contributed by atoms with Crippen molar-refractivity contribution in [1.82, 2.24) is 4.90 Å². The molecule has 18 heavy (non-hydrogen) atoms. The van der Waals surface area contributed by atoms with E-state index in [0.717, 1.165) is 12.0 Å². The van der Waals surface area contributed by atoms with Crippen molar-refractivity contribution in [3.63, 3.8) is 0 Å². The van der Waals surface area contributed by atoms with Crippen LogP contribution in [0.4, 0.5) is 4.39 Å². The maximum absolute atomic E-state index is 13.2. The average Bonchev–Trinajstić information content (AvgIpc) is 2.35. The molecule has 1 aromatic rings. The van der Waals surface area contributed by atoms with Crippen LogP contribution in [0, 0.1) is 18.7 Å². The number of rotatable bonds is 1. The van der Waals surface area contributed by atoms with E-state index >= 15 is 0 Å². The third-order valence-corrected chi connectivity index (χ3v) is 4.17. The smallest absolute Gasteiger partial charge is 0.254 e. The molecule has 0 aliphatic carbocycles. The molecule has 1 aliphatic heterocycles. The van der Waals surface area contributed by atoms with Crippen molar-refractivity contribution in [3.8, 4) is 0 Å². The number of aryl methyl sites for hydroxylation is 1. The van der Waals surface area contributed by atoms with Gasteiger partial charge in [0, 0.05) is 24.0 Å². The van der Waals surface area contributed by atoms with Gasteiger partial charge in [-0.1, -0.05) is 13.0 Å². The molecular weight excluding hydrogens is 253 g/mol. The van der Waals surface area contributed by atoms with Gasteiger partial charge in [0.2, 0.25) is 0 Å². The Balaban J connectivity index is 2.19. The summed E-state index contributed by atoms with van der Waals surface area (Å²) in [4.78, 5) is 14.1. The SMILES string of the molecule is Cc1ccc(F)cc1C(=O)N1CCC(Cl)C(C)C1. The molecule has 0 bridgehead atoms. The van der Waals surface area contributed by atoms with Crippen LogP contribution in [0.15, 0.2) is 18.2 Å². The average molecular weight is 270 g/mol. The summed E-state index contributed by atoms with van der Waals surface area (Å²) in [6, 6.07) is 4.33. The van der Waals surface area contributed by atoms with Crippen LogP contribution in [0.1, 0.15) is 29.3 Å². The molecule has 1 aliphatic rings. The van der Waals surface area contributed by atoms with E-state index < -0.39 is 0 Å². The molecule has 2 atom stereocenters. The van der Waals surface area contributed by atoms with Gasteiger partial charge in [-0.2, -0.15) is 0 Å². The number of piperidine rings is 1. The minimum absolute atomic E-state index is 0.0950. The van der Waals surface area contributed by atoms with Gasteiger partial charge in [-0.3, -0.25) is 4.79 Å². The van der Waals surface area contributed by atoms with Gasteiger partial charge >= 0.3 is 0 Å². The zero-order valence-corrected chi connectivity index (χ0v) is 11.4. The fourth-order valence-electron chi connectivity index (χ4n) is 2.30. The number of alkyl halides is 1. The summed E-state index contributed by atoms with van der Waals surface area (Å²) in [7, 11) is 0. The van der Waals surface area contributed by atoms with Crippen LogP contribution in [0.5, 0.6) is 0 Å². The molecule has 4 heteroatoms. The lowest BCUT2D eigenvalue weighted by molar-refractivity contribution is 0.0685. The van der Waals surface area contributed by atoms with Crippen molar-refractivity contribution in [2.24, 2.45) is 5.92 Å². The molecule has 0 N–H and O–H groups in total. The van der Waals surface area contributed by atoms with E-state index in [0.29, 0.717) is 18.7 Å². The number of hydrogen-bond acceptors (Lipinski definition) is 1. The molecule has 2 unspecified atom stereocenters. The van der Waals surface area contributed by atoms with Gasteiger partial charge in [0.1, 0.15) is 5.82 Å². The minimum atomic E-state index is -0.371. The van der Waals surface area contributed by atoms with Crippen LogP contribution in [-0.4, -0.2) is 29.3 Å². The fraction of sp³-hybridized carbons (Fsp3) is 0.500. The number of carbonyl (C=O) groups excluding carboxylic acids is 1. The van der Waals surface area contributed by atoms with E-state index in [1.54, 1.807) is 11.0 Å². The number of halogens is 2. The molecule has 1 saturated heterocycles. The molecule has 2 rings (SSSR count). The quantitative estimate of drug-likeness (QED) is 0.717. The Labute approximate surface area is 112 Å². The first-order chi connectivity index (χ1) is 8.49. The highest BCUT2D eigenvalue weighted by molar-refractivity contribution is 6.20. The number of amides is 1. The summed E-state index contributed by atoms with van der Waals surface area (Å²) in [5, 5.41) is 0.127. The monoisotopic (exact) mass is 269 g/mol. The van der Waals surface area contributed by atoms with Crippen LogP contribution in [-0.2, 0) is 0 Å². The van der Waals surface area contributed by atoms with Crippen molar-refractivity contribution in [1.29, 1.82) is 0 Å². The van der Waals surface area contributed by atoms with E-state index in [-0.39, 0.29) is 23.0 Å². The van der Waals surface area contributed by atoms with E-state index in [1.807, 2.05) is 13.8 Å². The van der Waals surface area contributed by atoms with Gasteiger partial charge in [0.15, 0.2) is 0 Å². The number of nitrogens with zero attached hydrogens (tertiary/aromatic N) is 1. The molecule has 0 spiro atoms. The molecule has 1 amide bonds. The van der Waals surface area contributed by atoms with Crippen molar-refractivity contribution < 1.29 is 9.18 Å². The van der Waals surface area contributed by atoms with Gasteiger partial charge in [-0.05, 0) is 37.0 Å². The molecule has 1 fully saturated rings. The number of likely N-dealkylation sites (tertiary alicyclic amines) is 1. The van der Waals surface area contributed by atoms with Crippen LogP contribution in [0.2, 0.25) is 0 Å². The predicted molar refractivity (Wildman–Crippen MR) is 70.5 cm³/mol. The Morgan fingerprint density at radius 2 is 2.22 bits per heavy atom. The van der Waals surface area contributed by atoms with Gasteiger partial charge < -0.3 is 4.90 Å². The zero-order chi connectivity index (χ0) is 13.3. The summed E-state index contributed by atoms with van der Waals surface area (Å²) in [6.45, 7) is 5.15. The second-order valence-electron chi connectivity index (χ2n) is 4.99. The lowest BCUT2D eigenvalue weighted by Crippen LogP contribution is -2.43. The minimum Gasteiger partial charge on any atom is -0.338 e. The first-order valence-electron chi connectivity index (χ1n) is 6.18. The Kier molecular flexibility index (Phi) is 3.91. The van der Waals surface area contributed by atoms with Crippen molar-refractivity contribution in [2.45, 2.75) is 25.6 Å². The second-order valence-corrected chi connectivity index (χ2v) is 5.55. The zero-order valence-electron chi connectivity index (χ0n) is 10.6. The molecule has 1 aromatic carbocycles. The van der Waals surface area contributed by atoms with Gasteiger partial charge in [-0.25, -0.2) is 4.39 Å². The Morgan fingerprint density at radius 3 is 2.89 bits per heavy atom. The second kappa shape index (κ2) is 5.27. The van der Waals surface area contributed by atoms with E-state index in [1.165, 1.54) is 12.1 Å². The molecule has 98 valence electrons. The maximum Gasteiger partial charge on any atom is 0.254 e. The van der Waals surface area contributed by atoms with Crippen molar-refractivity contribution in [2.75, 3.05) is 13.1 Å². The summed E-state index contributed by atoms with van der Waals surface area (Å²) in [5.74, 6) is -0.190. The topological polar surface area (TPSA) is 20.3 Å². The highest BCUT2D eigenvalue weighted by Crippen LogP contribution is 2.24. The standard InChI is InChI=1S/C14H17ClFNO/c1-9-3-4-11(16)7-12(9)14(18)17-6-5-13(15)10(2)8-17/h3-4,7,10,13H,5-6,8H2,1-2H3. The molecule has 0 radical (unpaired) electrons. The van der Waals surface area contributed by atoms with Crippen molar-refractivity contribution in [3.05, 3.63) is 35.1 Å². The van der Waals surface area contributed by atoms with E-state index in [9.17, 15) is 9.18 Å². The van der Waals surface area contributed by atoms with Crippen molar-refractivity contribution >= 4 is 17.5 Å². The van der Waals surface area contributed by atoms with Crippen LogP contribution in [0.25, 0.3) is 0 Å². The summed E-state index contributed by atoms with van der Waals surface area (Å²) < 4.78 is 13.2. The Morgan fingerprint density at radius 1 is 1.50 bits per heavy atom. The van der Waals surface area contributed by atoms with Crippen LogP contribution >= 0.6 is 11.6 Å². The first kappa shape index (κ1) is 13.3. The van der Waals surface area contributed by atoms with Crippen LogP contribution in [0.3, 0.4) is 0 Å².